The van der Waals surface area contributed by atoms with Crippen LogP contribution in [0.1, 0.15) is 10.5 Å². The Kier molecular flexibility index (Phi) is 3.04. The zero-order valence-electron chi connectivity index (χ0n) is 7.69. The Bertz CT molecular complexity index is 492. The van der Waals surface area contributed by atoms with E-state index < -0.39 is 5.97 Å². The summed E-state index contributed by atoms with van der Waals surface area (Å²) in [5.41, 5.74) is 1.93. The lowest BCUT2D eigenvalue weighted by atomic mass is 10.3. The van der Waals surface area contributed by atoms with E-state index in [1.165, 1.54) is 29.8 Å². The molecule has 0 bridgehead atoms. The maximum atomic E-state index is 11.4. The van der Waals surface area contributed by atoms with E-state index in [2.05, 4.69) is 9.72 Å². The summed E-state index contributed by atoms with van der Waals surface area (Å²) in [5, 5.41) is 2.51. The number of carbonyl (C=O) groups excluding carboxylic acids is 1. The number of nitrogens with zero attached hydrogens (tertiary/aromatic N) is 1. The zero-order chi connectivity index (χ0) is 10.8. The third-order valence-corrected chi connectivity index (χ3v) is 4.10. The van der Waals surface area contributed by atoms with Crippen molar-refractivity contribution in [3.63, 3.8) is 0 Å². The van der Waals surface area contributed by atoms with Crippen molar-refractivity contribution in [2.45, 2.75) is 0 Å². The molecule has 0 saturated carbocycles. The normalized spacial score (nSPS) is 10.3. The highest BCUT2D eigenvalue weighted by Crippen LogP contribution is 2.37. The molecule has 0 aliphatic carbocycles. The average Bonchev–Trinajstić information content (AvgIpc) is 2.84. The number of thiophene rings is 1. The quantitative estimate of drug-likeness (QED) is 0.777. The first-order valence-electron chi connectivity index (χ1n) is 3.99. The highest BCUT2D eigenvalue weighted by Gasteiger charge is 2.19. The molecule has 15 heavy (non-hydrogen) atoms. The summed E-state index contributed by atoms with van der Waals surface area (Å²) in [6.45, 7) is 0. The van der Waals surface area contributed by atoms with Crippen molar-refractivity contribution in [1.29, 1.82) is 0 Å². The lowest BCUT2D eigenvalue weighted by Gasteiger charge is -1.98. The first-order chi connectivity index (χ1) is 7.24. The molecule has 6 heteroatoms. The van der Waals surface area contributed by atoms with Gasteiger partial charge in [0.15, 0.2) is 5.69 Å². The van der Waals surface area contributed by atoms with Crippen molar-refractivity contribution in [3.05, 3.63) is 27.7 Å². The monoisotopic (exact) mass is 259 g/mol. The second-order valence-corrected chi connectivity index (χ2v) is 4.80. The van der Waals surface area contributed by atoms with Crippen LogP contribution in [0, 0.1) is 0 Å². The molecule has 0 amide bonds. The number of thiazole rings is 1. The third-order valence-electron chi connectivity index (χ3n) is 1.77. The summed E-state index contributed by atoms with van der Waals surface area (Å²) in [4.78, 5) is 17.0. The molecule has 0 saturated heterocycles. The van der Waals surface area contributed by atoms with Crippen LogP contribution in [0.3, 0.4) is 0 Å². The molecule has 0 fully saturated rings. The van der Waals surface area contributed by atoms with Crippen LogP contribution in [0.25, 0.3) is 9.75 Å². The topological polar surface area (TPSA) is 39.2 Å². The van der Waals surface area contributed by atoms with Gasteiger partial charge >= 0.3 is 5.97 Å². The number of ether oxygens (including phenoxy) is 1. The molecule has 0 atom stereocenters. The fraction of sp³-hybridized carbons (Fsp3) is 0.111. The summed E-state index contributed by atoms with van der Waals surface area (Å²) in [6, 6.07) is 1.79. The number of halogens is 1. The Hall–Kier alpha value is -0.910. The minimum absolute atomic E-state index is 0.326. The van der Waals surface area contributed by atoms with Gasteiger partial charge in [-0.15, -0.1) is 22.7 Å². The van der Waals surface area contributed by atoms with E-state index in [0.717, 1.165) is 9.75 Å². The highest BCUT2D eigenvalue weighted by molar-refractivity contribution is 7.21. The molecule has 0 aliphatic rings. The number of hydrogen-bond donors (Lipinski definition) is 0. The molecule has 2 rings (SSSR count). The van der Waals surface area contributed by atoms with Gasteiger partial charge < -0.3 is 4.74 Å². The minimum atomic E-state index is -0.435. The van der Waals surface area contributed by atoms with Crippen LogP contribution in [-0.4, -0.2) is 18.1 Å². The van der Waals surface area contributed by atoms with Crippen LogP contribution < -0.4 is 0 Å². The first-order valence-corrected chi connectivity index (χ1v) is 6.13. The van der Waals surface area contributed by atoms with E-state index in [4.69, 9.17) is 11.6 Å². The van der Waals surface area contributed by atoms with Gasteiger partial charge in [-0.25, -0.2) is 9.78 Å². The Labute approximate surface area is 99.3 Å². The van der Waals surface area contributed by atoms with Gasteiger partial charge in [-0.05, 0) is 11.4 Å². The Morgan fingerprint density at radius 2 is 2.27 bits per heavy atom. The van der Waals surface area contributed by atoms with Crippen LogP contribution in [0.5, 0.6) is 0 Å². The molecule has 0 unspecified atom stereocenters. The number of esters is 1. The van der Waals surface area contributed by atoms with Gasteiger partial charge in [0.25, 0.3) is 0 Å². The summed E-state index contributed by atoms with van der Waals surface area (Å²) < 4.78 is 4.64. The number of rotatable bonds is 2. The SMILES string of the molecule is COC(=O)c1ncsc1-c1sccc1Cl. The molecular formula is C9H6ClNO2S2. The second kappa shape index (κ2) is 4.30. The second-order valence-electron chi connectivity index (χ2n) is 2.62. The molecule has 2 aromatic heterocycles. The minimum Gasteiger partial charge on any atom is -0.464 e. The van der Waals surface area contributed by atoms with Crippen LogP contribution in [-0.2, 0) is 4.74 Å². The summed E-state index contributed by atoms with van der Waals surface area (Å²) >= 11 is 8.85. The number of methoxy groups -OCH3 is 1. The predicted molar refractivity (Wildman–Crippen MR) is 61.8 cm³/mol. The van der Waals surface area contributed by atoms with E-state index in [-0.39, 0.29) is 0 Å². The van der Waals surface area contributed by atoms with Crippen LogP contribution in [0.15, 0.2) is 17.0 Å². The van der Waals surface area contributed by atoms with Gasteiger partial charge in [0.2, 0.25) is 0 Å². The summed E-state index contributed by atoms with van der Waals surface area (Å²) in [7, 11) is 1.33. The van der Waals surface area contributed by atoms with Crippen molar-refractivity contribution in [1.82, 2.24) is 4.98 Å². The van der Waals surface area contributed by atoms with Crippen molar-refractivity contribution < 1.29 is 9.53 Å². The van der Waals surface area contributed by atoms with Gasteiger partial charge in [0, 0.05) is 0 Å². The zero-order valence-corrected chi connectivity index (χ0v) is 10.1. The van der Waals surface area contributed by atoms with Crippen molar-refractivity contribution in [3.8, 4) is 9.75 Å². The van der Waals surface area contributed by atoms with Crippen molar-refractivity contribution in [2.24, 2.45) is 0 Å². The predicted octanol–water partition coefficient (Wildman–Crippen LogP) is 3.31. The van der Waals surface area contributed by atoms with Gasteiger partial charge in [0.05, 0.1) is 27.4 Å². The van der Waals surface area contributed by atoms with Gasteiger partial charge in [0.1, 0.15) is 0 Å². The number of aromatic nitrogens is 1. The summed E-state index contributed by atoms with van der Waals surface area (Å²) in [5.74, 6) is -0.435. The molecule has 0 N–H and O–H groups in total. The molecular weight excluding hydrogens is 254 g/mol. The lowest BCUT2D eigenvalue weighted by molar-refractivity contribution is 0.0596. The van der Waals surface area contributed by atoms with Gasteiger partial charge in [-0.3, -0.25) is 0 Å². The Balaban J connectivity index is 2.50. The highest BCUT2D eigenvalue weighted by atomic mass is 35.5. The molecule has 0 spiro atoms. The van der Waals surface area contributed by atoms with Crippen LogP contribution in [0.4, 0.5) is 0 Å². The Morgan fingerprint density at radius 3 is 2.87 bits per heavy atom. The van der Waals surface area contributed by atoms with Gasteiger partial charge in [-0.1, -0.05) is 11.6 Å². The largest absolute Gasteiger partial charge is 0.464 e. The average molecular weight is 260 g/mol. The van der Waals surface area contributed by atoms with E-state index in [1.54, 1.807) is 11.6 Å². The fourth-order valence-corrected chi connectivity index (χ4v) is 3.27. The van der Waals surface area contributed by atoms with Crippen molar-refractivity contribution in [2.75, 3.05) is 7.11 Å². The number of hydrogen-bond acceptors (Lipinski definition) is 5. The number of carbonyl (C=O) groups is 1. The molecule has 0 radical (unpaired) electrons. The molecule has 0 aromatic carbocycles. The molecule has 0 aliphatic heterocycles. The lowest BCUT2D eigenvalue weighted by Crippen LogP contribution is -2.02. The van der Waals surface area contributed by atoms with Crippen molar-refractivity contribution >= 4 is 40.2 Å². The maximum absolute atomic E-state index is 11.4. The molecule has 2 aromatic rings. The van der Waals surface area contributed by atoms with E-state index in [9.17, 15) is 4.79 Å². The smallest absolute Gasteiger partial charge is 0.358 e. The van der Waals surface area contributed by atoms with Gasteiger partial charge in [-0.2, -0.15) is 0 Å². The standard InChI is InChI=1S/C9H6ClNO2S2/c1-13-9(12)6-8(15-4-11-6)7-5(10)2-3-14-7/h2-4H,1H3. The summed E-state index contributed by atoms with van der Waals surface area (Å²) in [6.07, 6.45) is 0. The van der Waals surface area contributed by atoms with E-state index in [1.807, 2.05) is 5.38 Å². The molecule has 2 heterocycles. The Morgan fingerprint density at radius 1 is 1.47 bits per heavy atom. The van der Waals surface area contributed by atoms with Crippen LogP contribution >= 0.6 is 34.3 Å². The molecule has 3 nitrogen and oxygen atoms in total. The van der Waals surface area contributed by atoms with E-state index in [0.29, 0.717) is 10.7 Å². The fourth-order valence-electron chi connectivity index (χ4n) is 1.11. The molecule has 78 valence electrons. The van der Waals surface area contributed by atoms with Crippen LogP contribution in [0.2, 0.25) is 5.02 Å². The third kappa shape index (κ3) is 1.90. The maximum Gasteiger partial charge on any atom is 0.358 e. The van der Waals surface area contributed by atoms with E-state index >= 15 is 0 Å². The first kappa shape index (κ1) is 10.6.